The average Bonchev–Trinajstić information content (AvgIpc) is 3.10. The molecule has 0 fully saturated rings. The molecule has 24 heavy (non-hydrogen) atoms. The third-order valence-electron chi connectivity index (χ3n) is 3.40. The Morgan fingerprint density at radius 1 is 1.17 bits per heavy atom. The predicted molar refractivity (Wildman–Crippen MR) is 85.8 cm³/mol. The van der Waals surface area contributed by atoms with Gasteiger partial charge in [-0.1, -0.05) is 12.1 Å². The number of benzene rings is 2. The molecule has 0 atom stereocenters. The van der Waals surface area contributed by atoms with Crippen molar-refractivity contribution in [3.05, 3.63) is 60.7 Å². The predicted octanol–water partition coefficient (Wildman–Crippen LogP) is 2.02. The van der Waals surface area contributed by atoms with Crippen molar-refractivity contribution in [2.75, 3.05) is 10.8 Å². The van der Waals surface area contributed by atoms with Gasteiger partial charge in [0, 0.05) is 6.54 Å². The fraction of sp³-hybridized carbons (Fsp3) is 0.133. The van der Waals surface area contributed by atoms with Crippen LogP contribution < -0.4 is 4.31 Å². The SMILES string of the molecule is CCN(c1cccc(F)c1)S(=O)(=O)c1cccc(-n2cnnn2)c1. The minimum absolute atomic E-state index is 0.0709. The number of hydrogen-bond acceptors (Lipinski definition) is 5. The van der Waals surface area contributed by atoms with Crippen LogP contribution >= 0.6 is 0 Å². The lowest BCUT2D eigenvalue weighted by Crippen LogP contribution is -2.30. The molecule has 7 nitrogen and oxygen atoms in total. The van der Waals surface area contributed by atoms with E-state index in [0.29, 0.717) is 5.69 Å². The van der Waals surface area contributed by atoms with Crippen molar-refractivity contribution in [2.45, 2.75) is 11.8 Å². The minimum atomic E-state index is -3.85. The van der Waals surface area contributed by atoms with E-state index >= 15 is 0 Å². The lowest BCUT2D eigenvalue weighted by molar-refractivity contribution is 0.591. The van der Waals surface area contributed by atoms with Crippen molar-refractivity contribution < 1.29 is 12.8 Å². The zero-order chi connectivity index (χ0) is 17.2. The second-order valence-corrected chi connectivity index (χ2v) is 6.76. The second kappa shape index (κ2) is 6.36. The fourth-order valence-electron chi connectivity index (χ4n) is 2.32. The van der Waals surface area contributed by atoms with E-state index in [-0.39, 0.29) is 17.1 Å². The minimum Gasteiger partial charge on any atom is -0.267 e. The lowest BCUT2D eigenvalue weighted by Gasteiger charge is -2.23. The van der Waals surface area contributed by atoms with Gasteiger partial charge in [-0.05, 0) is 53.7 Å². The molecule has 0 bridgehead atoms. The highest BCUT2D eigenvalue weighted by Crippen LogP contribution is 2.25. The largest absolute Gasteiger partial charge is 0.267 e. The van der Waals surface area contributed by atoms with Gasteiger partial charge in [0.1, 0.15) is 12.1 Å². The van der Waals surface area contributed by atoms with Gasteiger partial charge in [-0.3, -0.25) is 4.31 Å². The first-order valence-corrected chi connectivity index (χ1v) is 8.58. The average molecular weight is 347 g/mol. The molecule has 124 valence electrons. The number of hydrogen-bond donors (Lipinski definition) is 0. The number of sulfonamides is 1. The van der Waals surface area contributed by atoms with E-state index in [0.717, 1.165) is 4.31 Å². The van der Waals surface area contributed by atoms with Gasteiger partial charge in [-0.25, -0.2) is 17.5 Å². The molecule has 1 heterocycles. The van der Waals surface area contributed by atoms with Crippen LogP contribution in [0.3, 0.4) is 0 Å². The Balaban J connectivity index is 2.05. The molecule has 2 aromatic carbocycles. The maximum Gasteiger partial charge on any atom is 0.264 e. The molecule has 1 aromatic heterocycles. The summed E-state index contributed by atoms with van der Waals surface area (Å²) >= 11 is 0. The van der Waals surface area contributed by atoms with Gasteiger partial charge in [0.25, 0.3) is 10.0 Å². The summed E-state index contributed by atoms with van der Waals surface area (Å²) in [5, 5.41) is 10.8. The summed E-state index contributed by atoms with van der Waals surface area (Å²) < 4.78 is 41.8. The normalized spacial score (nSPS) is 11.4. The van der Waals surface area contributed by atoms with Crippen LogP contribution in [-0.4, -0.2) is 35.2 Å². The third kappa shape index (κ3) is 2.98. The second-order valence-electron chi connectivity index (χ2n) is 4.90. The molecule has 0 aliphatic carbocycles. The molecule has 3 rings (SSSR count). The van der Waals surface area contributed by atoms with Gasteiger partial charge in [0.05, 0.1) is 16.3 Å². The number of halogens is 1. The van der Waals surface area contributed by atoms with E-state index in [2.05, 4.69) is 15.5 Å². The van der Waals surface area contributed by atoms with Crippen molar-refractivity contribution in [3.8, 4) is 5.69 Å². The summed E-state index contributed by atoms with van der Waals surface area (Å²) in [4.78, 5) is 0.0709. The first kappa shape index (κ1) is 16.1. The lowest BCUT2D eigenvalue weighted by atomic mass is 10.3. The van der Waals surface area contributed by atoms with Crippen LogP contribution in [0.4, 0.5) is 10.1 Å². The summed E-state index contributed by atoms with van der Waals surface area (Å²) in [6.07, 6.45) is 1.37. The number of aromatic nitrogens is 4. The summed E-state index contributed by atoms with van der Waals surface area (Å²) in [5.41, 5.74) is 0.779. The van der Waals surface area contributed by atoms with Gasteiger partial charge in [0.15, 0.2) is 0 Å². The molecule has 0 aliphatic rings. The molecular weight excluding hydrogens is 333 g/mol. The van der Waals surface area contributed by atoms with Crippen LogP contribution in [-0.2, 0) is 10.0 Å². The molecule has 0 unspecified atom stereocenters. The van der Waals surface area contributed by atoms with Crippen LogP contribution in [0.15, 0.2) is 59.8 Å². The zero-order valence-electron chi connectivity index (χ0n) is 12.7. The molecule has 9 heteroatoms. The molecule has 0 radical (unpaired) electrons. The first-order chi connectivity index (χ1) is 11.5. The summed E-state index contributed by atoms with van der Waals surface area (Å²) in [6.45, 7) is 1.86. The van der Waals surface area contributed by atoms with Crippen molar-refractivity contribution in [1.82, 2.24) is 20.2 Å². The van der Waals surface area contributed by atoms with Crippen LogP contribution in [0.2, 0.25) is 0 Å². The van der Waals surface area contributed by atoms with Gasteiger partial charge >= 0.3 is 0 Å². The molecule has 0 spiro atoms. The Morgan fingerprint density at radius 2 is 1.96 bits per heavy atom. The smallest absolute Gasteiger partial charge is 0.264 e. The Bertz CT molecular complexity index is 944. The van der Waals surface area contributed by atoms with E-state index < -0.39 is 15.8 Å². The Labute approximate surface area is 138 Å². The highest BCUT2D eigenvalue weighted by molar-refractivity contribution is 7.92. The Morgan fingerprint density at radius 3 is 2.62 bits per heavy atom. The third-order valence-corrected chi connectivity index (χ3v) is 5.30. The highest BCUT2D eigenvalue weighted by atomic mass is 32.2. The quantitative estimate of drug-likeness (QED) is 0.705. The maximum atomic E-state index is 13.5. The topological polar surface area (TPSA) is 81.0 Å². The van der Waals surface area contributed by atoms with Gasteiger partial charge < -0.3 is 0 Å². The standard InChI is InChI=1S/C15H14FN5O2S/c1-2-21(14-7-3-5-12(16)9-14)24(22,23)15-8-4-6-13(10-15)20-11-17-18-19-20/h3-11H,2H2,1H3. The number of tetrazole rings is 1. The summed E-state index contributed by atoms with van der Waals surface area (Å²) in [7, 11) is -3.85. The molecule has 0 saturated heterocycles. The van der Waals surface area contributed by atoms with Gasteiger partial charge in [-0.2, -0.15) is 0 Å². The van der Waals surface area contributed by atoms with Crippen LogP contribution in [0.25, 0.3) is 5.69 Å². The highest BCUT2D eigenvalue weighted by Gasteiger charge is 2.24. The number of anilines is 1. The van der Waals surface area contributed by atoms with Gasteiger partial charge in [0.2, 0.25) is 0 Å². The van der Waals surface area contributed by atoms with E-state index in [4.69, 9.17) is 0 Å². The molecule has 0 saturated carbocycles. The van der Waals surface area contributed by atoms with Gasteiger partial charge in [-0.15, -0.1) is 5.10 Å². The van der Waals surface area contributed by atoms with E-state index in [9.17, 15) is 12.8 Å². The van der Waals surface area contributed by atoms with E-state index in [1.165, 1.54) is 41.3 Å². The fourth-order valence-corrected chi connectivity index (χ4v) is 3.82. The monoisotopic (exact) mass is 347 g/mol. The van der Waals surface area contributed by atoms with Crippen LogP contribution in [0, 0.1) is 5.82 Å². The van der Waals surface area contributed by atoms with Crippen molar-refractivity contribution in [3.63, 3.8) is 0 Å². The number of rotatable bonds is 5. The molecule has 0 aliphatic heterocycles. The summed E-state index contributed by atoms with van der Waals surface area (Å²) in [6, 6.07) is 11.7. The van der Waals surface area contributed by atoms with Crippen LogP contribution in [0.1, 0.15) is 6.92 Å². The molecule has 0 N–H and O–H groups in total. The van der Waals surface area contributed by atoms with E-state index in [1.54, 1.807) is 25.1 Å². The van der Waals surface area contributed by atoms with E-state index in [1.807, 2.05) is 0 Å². The zero-order valence-corrected chi connectivity index (χ0v) is 13.6. The molecular formula is C15H14FN5O2S. The maximum absolute atomic E-state index is 13.5. The molecule has 0 amide bonds. The van der Waals surface area contributed by atoms with Crippen molar-refractivity contribution in [2.24, 2.45) is 0 Å². The Kier molecular flexibility index (Phi) is 4.26. The van der Waals surface area contributed by atoms with Crippen LogP contribution in [0.5, 0.6) is 0 Å². The Hall–Kier alpha value is -2.81. The first-order valence-electron chi connectivity index (χ1n) is 7.14. The summed E-state index contributed by atoms with van der Waals surface area (Å²) in [5.74, 6) is -0.497. The molecule has 3 aromatic rings. The number of nitrogens with zero attached hydrogens (tertiary/aromatic N) is 5. The van der Waals surface area contributed by atoms with Crippen molar-refractivity contribution >= 4 is 15.7 Å². The van der Waals surface area contributed by atoms with Crippen molar-refractivity contribution in [1.29, 1.82) is 0 Å².